The summed E-state index contributed by atoms with van der Waals surface area (Å²) in [5.41, 5.74) is 6.84. The summed E-state index contributed by atoms with van der Waals surface area (Å²) in [5, 5.41) is 4.37. The monoisotopic (exact) mass is 406 g/mol. The Bertz CT molecular complexity index is 687. The van der Waals surface area contributed by atoms with E-state index in [9.17, 15) is 4.79 Å². The third-order valence-corrected chi connectivity index (χ3v) is 8.88. The molecule has 0 spiro atoms. The van der Waals surface area contributed by atoms with Gasteiger partial charge in [0.15, 0.2) is 0 Å². The predicted molar refractivity (Wildman–Crippen MR) is 114 cm³/mol. The molecule has 4 aliphatic rings. The lowest BCUT2D eigenvalue weighted by Crippen LogP contribution is -2.56. The Morgan fingerprint density at radius 3 is 2.71 bits per heavy atom. The van der Waals surface area contributed by atoms with E-state index in [1.54, 1.807) is 0 Å². The van der Waals surface area contributed by atoms with Crippen LogP contribution >= 0.6 is 12.4 Å². The van der Waals surface area contributed by atoms with Crippen molar-refractivity contribution in [2.75, 3.05) is 13.2 Å². The Balaban J connectivity index is 0.00000225. The van der Waals surface area contributed by atoms with Gasteiger partial charge in [-0.05, 0) is 74.0 Å². The lowest BCUT2D eigenvalue weighted by Gasteiger charge is -2.61. The minimum Gasteiger partial charge on any atom is -0.395 e. The fourth-order valence-corrected chi connectivity index (χ4v) is 7.37. The van der Waals surface area contributed by atoms with Gasteiger partial charge in [0.1, 0.15) is 12.4 Å². The second kappa shape index (κ2) is 8.00. The van der Waals surface area contributed by atoms with Crippen molar-refractivity contribution in [3.8, 4) is 12.3 Å². The van der Waals surface area contributed by atoms with Crippen molar-refractivity contribution in [3.63, 3.8) is 0 Å². The van der Waals surface area contributed by atoms with Gasteiger partial charge >= 0.3 is 0 Å². The van der Waals surface area contributed by atoms with Crippen molar-refractivity contribution in [3.05, 3.63) is 0 Å². The number of hydrogen-bond donors (Lipinski definition) is 1. The Morgan fingerprint density at radius 1 is 1.21 bits per heavy atom. The van der Waals surface area contributed by atoms with Gasteiger partial charge in [-0.3, -0.25) is 4.79 Å². The largest absolute Gasteiger partial charge is 0.395 e. The summed E-state index contributed by atoms with van der Waals surface area (Å²) in [6.45, 7) is 5.69. The van der Waals surface area contributed by atoms with E-state index in [0.29, 0.717) is 42.6 Å². The highest BCUT2D eigenvalue weighted by Crippen LogP contribution is 2.66. The zero-order chi connectivity index (χ0) is 19.2. The molecule has 7 atom stereocenters. The molecular weight excluding hydrogens is 372 g/mol. The molecular formula is C23H35ClN2O2. The van der Waals surface area contributed by atoms with Crippen molar-refractivity contribution in [1.82, 2.24) is 0 Å². The Morgan fingerprint density at radius 2 is 2.00 bits per heavy atom. The number of oxime groups is 1. The average Bonchev–Trinajstić information content (AvgIpc) is 2.96. The van der Waals surface area contributed by atoms with Gasteiger partial charge < -0.3 is 10.6 Å². The minimum atomic E-state index is -0.0825. The molecule has 4 rings (SSSR count). The minimum absolute atomic E-state index is 0. The Kier molecular flexibility index (Phi) is 6.18. The van der Waals surface area contributed by atoms with Crippen LogP contribution in [-0.4, -0.2) is 24.6 Å². The zero-order valence-corrected chi connectivity index (χ0v) is 18.1. The molecule has 4 aliphatic carbocycles. The fourth-order valence-electron chi connectivity index (χ4n) is 7.37. The Labute approximate surface area is 175 Å². The van der Waals surface area contributed by atoms with Crippen LogP contribution in [0.25, 0.3) is 0 Å². The van der Waals surface area contributed by atoms with Crippen molar-refractivity contribution in [2.45, 2.75) is 65.2 Å². The molecule has 0 heterocycles. The van der Waals surface area contributed by atoms with Crippen LogP contribution in [0.4, 0.5) is 0 Å². The van der Waals surface area contributed by atoms with Gasteiger partial charge in [-0.15, -0.1) is 24.8 Å². The zero-order valence-electron chi connectivity index (χ0n) is 17.3. The van der Waals surface area contributed by atoms with Gasteiger partial charge in [0, 0.05) is 24.3 Å². The average molecular weight is 407 g/mol. The van der Waals surface area contributed by atoms with E-state index >= 15 is 0 Å². The molecule has 0 saturated heterocycles. The van der Waals surface area contributed by atoms with Gasteiger partial charge in [-0.2, -0.15) is 0 Å². The second-order valence-electron chi connectivity index (χ2n) is 9.90. The number of nitrogens with zero attached hydrogens (tertiary/aromatic N) is 1. The van der Waals surface area contributed by atoms with E-state index in [1.165, 1.54) is 6.42 Å². The van der Waals surface area contributed by atoms with Gasteiger partial charge in [0.25, 0.3) is 0 Å². The number of Topliss-reactive ketones (excluding diaryl/α,β-unsaturated/α-hetero) is 1. The van der Waals surface area contributed by atoms with Crippen LogP contribution in [0.3, 0.4) is 0 Å². The summed E-state index contributed by atoms with van der Waals surface area (Å²) in [6, 6.07) is 0. The highest BCUT2D eigenvalue weighted by Gasteiger charge is 2.61. The first-order valence-corrected chi connectivity index (χ1v) is 10.8. The smallest absolute Gasteiger partial charge is 0.139 e. The topological polar surface area (TPSA) is 64.7 Å². The molecule has 28 heavy (non-hydrogen) atoms. The van der Waals surface area contributed by atoms with E-state index in [-0.39, 0.29) is 29.2 Å². The molecule has 0 aliphatic heterocycles. The molecule has 0 aromatic rings. The van der Waals surface area contributed by atoms with Crippen LogP contribution in [0.2, 0.25) is 0 Å². The summed E-state index contributed by atoms with van der Waals surface area (Å²) in [7, 11) is 0. The Hall–Kier alpha value is -1.05. The van der Waals surface area contributed by atoms with Crippen LogP contribution in [0.1, 0.15) is 65.2 Å². The number of ketones is 1. The third kappa shape index (κ3) is 3.19. The van der Waals surface area contributed by atoms with Crippen molar-refractivity contribution < 1.29 is 9.63 Å². The number of halogens is 1. The molecule has 0 aromatic carbocycles. The van der Waals surface area contributed by atoms with E-state index in [0.717, 1.165) is 50.7 Å². The van der Waals surface area contributed by atoms with Gasteiger partial charge in [0.2, 0.25) is 0 Å². The second-order valence-corrected chi connectivity index (χ2v) is 9.90. The lowest BCUT2D eigenvalue weighted by atomic mass is 9.43. The fraction of sp³-hybridized carbons (Fsp3) is 0.826. The third-order valence-electron chi connectivity index (χ3n) is 8.88. The molecule has 4 saturated carbocycles. The molecule has 156 valence electrons. The van der Waals surface area contributed by atoms with E-state index in [4.69, 9.17) is 17.0 Å². The van der Waals surface area contributed by atoms with Gasteiger partial charge in [-0.1, -0.05) is 19.0 Å². The maximum Gasteiger partial charge on any atom is 0.139 e. The maximum absolute atomic E-state index is 12.6. The van der Waals surface area contributed by atoms with Crippen molar-refractivity contribution >= 4 is 23.9 Å². The maximum atomic E-state index is 12.6. The van der Waals surface area contributed by atoms with E-state index < -0.39 is 0 Å². The van der Waals surface area contributed by atoms with E-state index in [2.05, 4.69) is 24.9 Å². The molecule has 0 aromatic heterocycles. The van der Waals surface area contributed by atoms with Crippen LogP contribution in [0, 0.1) is 52.8 Å². The van der Waals surface area contributed by atoms with Crippen LogP contribution in [0.5, 0.6) is 0 Å². The summed E-state index contributed by atoms with van der Waals surface area (Å²) in [6.07, 6.45) is 14.3. The molecule has 4 fully saturated rings. The lowest BCUT2D eigenvalue weighted by molar-refractivity contribution is -0.139. The van der Waals surface area contributed by atoms with E-state index in [1.807, 2.05) is 0 Å². The standard InChI is InChI=1S/C23H34N2O2.ClH/c1-4-15-13-17-18-5-6-21(26)23(18,3)10-8-19(17)22(2)9-7-16(14-20(15)22)25-27-12-11-24;/h1,15,17-20H,5-14,24H2,2-3H3;1H/b25-16-;/t15-,17-,18-,19-,20?,22+,23-;/m0./s1. The van der Waals surface area contributed by atoms with Crippen molar-refractivity contribution in [1.29, 1.82) is 0 Å². The number of hydrogen-bond acceptors (Lipinski definition) is 4. The number of fused-ring (bicyclic) bond motifs is 5. The molecule has 5 heteroatoms. The first-order chi connectivity index (χ1) is 12.9. The SMILES string of the molecule is C#C[C@H]1C[C@@H]2[C@H](CC[C@]3(C)C(=O)CC[C@@H]23)[C@@]2(C)CC/C(=N/OCCN)CC12.Cl. The van der Waals surface area contributed by atoms with Gasteiger partial charge in [0.05, 0.1) is 5.71 Å². The summed E-state index contributed by atoms with van der Waals surface area (Å²) < 4.78 is 0. The van der Waals surface area contributed by atoms with Crippen LogP contribution < -0.4 is 5.73 Å². The number of terminal acetylenes is 1. The van der Waals surface area contributed by atoms with Crippen LogP contribution in [-0.2, 0) is 9.63 Å². The van der Waals surface area contributed by atoms with Crippen molar-refractivity contribution in [2.24, 2.45) is 51.3 Å². The normalized spacial score (nSPS) is 46.0. The highest BCUT2D eigenvalue weighted by atomic mass is 35.5. The molecule has 0 amide bonds. The summed E-state index contributed by atoms with van der Waals surface area (Å²) in [4.78, 5) is 18.0. The van der Waals surface area contributed by atoms with Crippen LogP contribution in [0.15, 0.2) is 5.16 Å². The first kappa shape index (κ1) is 21.7. The number of nitrogens with two attached hydrogens (primary N) is 1. The predicted octanol–water partition coefficient (Wildman–Crippen LogP) is 4.21. The quantitative estimate of drug-likeness (QED) is 0.433. The highest BCUT2D eigenvalue weighted by molar-refractivity contribution is 5.87. The number of carbonyl (C=O) groups excluding carboxylic acids is 1. The van der Waals surface area contributed by atoms with Gasteiger partial charge in [-0.25, -0.2) is 0 Å². The number of carbonyl (C=O) groups is 1. The summed E-state index contributed by atoms with van der Waals surface area (Å²) >= 11 is 0. The summed E-state index contributed by atoms with van der Waals surface area (Å²) in [5.74, 6) is 6.28. The first-order valence-electron chi connectivity index (χ1n) is 10.8. The molecule has 1 unspecified atom stereocenters. The number of rotatable bonds is 3. The molecule has 4 nitrogen and oxygen atoms in total. The molecule has 0 radical (unpaired) electrons. The molecule has 0 bridgehead atoms. The molecule has 2 N–H and O–H groups in total.